The molecule has 0 aliphatic rings. The Labute approximate surface area is 106 Å². The molecule has 3 nitrogen and oxygen atoms in total. The second-order valence-corrected chi connectivity index (χ2v) is 5.60. The Morgan fingerprint density at radius 3 is 2.76 bits per heavy atom. The van der Waals surface area contributed by atoms with E-state index in [0.717, 1.165) is 30.0 Å². The van der Waals surface area contributed by atoms with E-state index in [4.69, 9.17) is 4.74 Å². The van der Waals surface area contributed by atoms with Crippen molar-refractivity contribution < 1.29 is 8.95 Å². The highest BCUT2D eigenvalue weighted by Gasteiger charge is 2.09. The zero-order valence-corrected chi connectivity index (χ0v) is 11.5. The van der Waals surface area contributed by atoms with Gasteiger partial charge < -0.3 is 10.1 Å². The highest BCUT2D eigenvalue weighted by Crippen LogP contribution is 2.23. The summed E-state index contributed by atoms with van der Waals surface area (Å²) in [5, 5.41) is 3.41. The van der Waals surface area contributed by atoms with Crippen molar-refractivity contribution in [1.29, 1.82) is 0 Å². The van der Waals surface area contributed by atoms with Crippen molar-refractivity contribution in [2.24, 2.45) is 0 Å². The normalized spacial score (nSPS) is 14.3. The third-order valence-corrected chi connectivity index (χ3v) is 3.53. The first-order valence-electron chi connectivity index (χ1n) is 5.81. The largest absolute Gasteiger partial charge is 0.496 e. The fourth-order valence-corrected chi connectivity index (χ4v) is 2.28. The summed E-state index contributed by atoms with van der Waals surface area (Å²) in [5.41, 5.74) is 1.16. The summed E-state index contributed by atoms with van der Waals surface area (Å²) in [6.45, 7) is 2.99. The Hall–Kier alpha value is -0.870. The molecule has 17 heavy (non-hydrogen) atoms. The lowest BCUT2D eigenvalue weighted by atomic mass is 10.1. The third kappa shape index (κ3) is 4.88. The quantitative estimate of drug-likeness (QED) is 0.758. The van der Waals surface area contributed by atoms with E-state index < -0.39 is 10.8 Å². The van der Waals surface area contributed by atoms with Crippen LogP contribution in [-0.2, 0) is 10.8 Å². The number of ether oxygens (including phenoxy) is 1. The summed E-state index contributed by atoms with van der Waals surface area (Å²) in [6, 6.07) is 8.26. The number of para-hydroxylation sites is 1. The first-order chi connectivity index (χ1) is 8.15. The topological polar surface area (TPSA) is 38.3 Å². The molecule has 0 aromatic heterocycles. The molecule has 2 unspecified atom stereocenters. The molecule has 1 rings (SSSR count). The van der Waals surface area contributed by atoms with Crippen LogP contribution >= 0.6 is 0 Å². The van der Waals surface area contributed by atoms with E-state index in [-0.39, 0.29) is 6.04 Å². The predicted molar refractivity (Wildman–Crippen MR) is 73.0 cm³/mol. The SMILES string of the molecule is COc1ccccc1C(C)NCCCS(C)=O. The van der Waals surface area contributed by atoms with Gasteiger partial charge in [0.25, 0.3) is 0 Å². The first kappa shape index (κ1) is 14.2. The fraction of sp³-hybridized carbons (Fsp3) is 0.538. The van der Waals surface area contributed by atoms with Gasteiger partial charge in [-0.25, -0.2) is 0 Å². The van der Waals surface area contributed by atoms with Gasteiger partial charge >= 0.3 is 0 Å². The molecule has 4 heteroatoms. The fourth-order valence-electron chi connectivity index (χ4n) is 1.73. The lowest BCUT2D eigenvalue weighted by Crippen LogP contribution is -2.21. The van der Waals surface area contributed by atoms with Crippen molar-refractivity contribution in [3.05, 3.63) is 29.8 Å². The number of hydrogen-bond acceptors (Lipinski definition) is 3. The van der Waals surface area contributed by atoms with Crippen LogP contribution in [0.3, 0.4) is 0 Å². The first-order valence-corrected chi connectivity index (χ1v) is 7.54. The maximum Gasteiger partial charge on any atom is 0.123 e. The lowest BCUT2D eigenvalue weighted by Gasteiger charge is -2.16. The molecule has 1 aromatic rings. The molecule has 0 radical (unpaired) electrons. The Balaban J connectivity index is 2.46. The summed E-state index contributed by atoms with van der Waals surface area (Å²) < 4.78 is 16.2. The van der Waals surface area contributed by atoms with Gasteiger partial charge in [0, 0.05) is 34.4 Å². The molecule has 0 bridgehead atoms. The van der Waals surface area contributed by atoms with E-state index in [9.17, 15) is 4.21 Å². The zero-order chi connectivity index (χ0) is 12.7. The molecule has 0 heterocycles. The van der Waals surface area contributed by atoms with Crippen LogP contribution in [0.5, 0.6) is 5.75 Å². The summed E-state index contributed by atoms with van der Waals surface area (Å²) in [7, 11) is 0.991. The van der Waals surface area contributed by atoms with Crippen molar-refractivity contribution in [3.63, 3.8) is 0 Å². The summed E-state index contributed by atoms with van der Waals surface area (Å²) in [5.74, 6) is 1.66. The van der Waals surface area contributed by atoms with Gasteiger partial charge in [0.05, 0.1) is 7.11 Å². The average molecular weight is 255 g/mol. The lowest BCUT2D eigenvalue weighted by molar-refractivity contribution is 0.401. The third-order valence-electron chi connectivity index (χ3n) is 2.66. The number of nitrogens with one attached hydrogen (secondary N) is 1. The van der Waals surface area contributed by atoms with E-state index in [1.165, 1.54) is 0 Å². The molecule has 1 N–H and O–H groups in total. The number of hydrogen-bond donors (Lipinski definition) is 1. The smallest absolute Gasteiger partial charge is 0.123 e. The molecule has 96 valence electrons. The van der Waals surface area contributed by atoms with Crippen molar-refractivity contribution in [2.45, 2.75) is 19.4 Å². The number of methoxy groups -OCH3 is 1. The van der Waals surface area contributed by atoms with Crippen molar-refractivity contribution in [2.75, 3.05) is 25.7 Å². The molecule has 0 amide bonds. The van der Waals surface area contributed by atoms with Gasteiger partial charge in [-0.1, -0.05) is 18.2 Å². The van der Waals surface area contributed by atoms with Crippen LogP contribution in [0.2, 0.25) is 0 Å². The van der Waals surface area contributed by atoms with Gasteiger partial charge in [-0.05, 0) is 26.0 Å². The molecule has 0 aliphatic carbocycles. The minimum absolute atomic E-state index is 0.247. The van der Waals surface area contributed by atoms with E-state index >= 15 is 0 Å². The molecule has 0 saturated carbocycles. The maximum absolute atomic E-state index is 10.9. The van der Waals surface area contributed by atoms with Crippen LogP contribution in [0, 0.1) is 0 Å². The monoisotopic (exact) mass is 255 g/mol. The van der Waals surface area contributed by atoms with Gasteiger partial charge in [-0.15, -0.1) is 0 Å². The summed E-state index contributed by atoms with van der Waals surface area (Å²) >= 11 is 0. The molecule has 2 atom stereocenters. The highest BCUT2D eigenvalue weighted by atomic mass is 32.2. The van der Waals surface area contributed by atoms with E-state index in [1.54, 1.807) is 13.4 Å². The Bertz CT molecular complexity index is 368. The Morgan fingerprint density at radius 1 is 1.41 bits per heavy atom. The standard InChI is InChI=1S/C13H21NO2S/c1-11(14-9-6-10-17(3)15)12-7-4-5-8-13(12)16-2/h4-5,7-8,11,14H,6,9-10H2,1-3H3. The van der Waals surface area contributed by atoms with Gasteiger partial charge in [0.15, 0.2) is 0 Å². The van der Waals surface area contributed by atoms with Crippen LogP contribution in [0.1, 0.15) is 24.9 Å². The Kier molecular flexibility index (Phi) is 6.22. The van der Waals surface area contributed by atoms with Crippen LogP contribution in [0.25, 0.3) is 0 Å². The number of rotatable bonds is 7. The molecule has 1 aromatic carbocycles. The van der Waals surface area contributed by atoms with Crippen molar-refractivity contribution >= 4 is 10.8 Å². The molecule has 0 aliphatic heterocycles. The predicted octanol–water partition coefficient (Wildman–Crippen LogP) is 2.11. The number of benzene rings is 1. The highest BCUT2D eigenvalue weighted by molar-refractivity contribution is 7.84. The molecule has 0 spiro atoms. The molecular weight excluding hydrogens is 234 g/mol. The van der Waals surface area contributed by atoms with Crippen LogP contribution < -0.4 is 10.1 Å². The van der Waals surface area contributed by atoms with Crippen molar-refractivity contribution in [1.82, 2.24) is 5.32 Å². The van der Waals surface area contributed by atoms with E-state index in [0.29, 0.717) is 0 Å². The van der Waals surface area contributed by atoms with Gasteiger partial charge in [-0.3, -0.25) is 4.21 Å². The Morgan fingerprint density at radius 2 is 2.12 bits per heavy atom. The van der Waals surface area contributed by atoms with Gasteiger partial charge in [0.2, 0.25) is 0 Å². The molecular formula is C13H21NO2S. The second kappa shape index (κ2) is 7.45. The minimum atomic E-state index is -0.695. The van der Waals surface area contributed by atoms with Crippen LogP contribution in [-0.4, -0.2) is 29.9 Å². The summed E-state index contributed by atoms with van der Waals surface area (Å²) in [4.78, 5) is 0. The van der Waals surface area contributed by atoms with E-state index in [1.807, 2.05) is 18.2 Å². The van der Waals surface area contributed by atoms with Gasteiger partial charge in [0.1, 0.15) is 5.75 Å². The van der Waals surface area contributed by atoms with Crippen LogP contribution in [0.4, 0.5) is 0 Å². The van der Waals surface area contributed by atoms with Crippen molar-refractivity contribution in [3.8, 4) is 5.75 Å². The van der Waals surface area contributed by atoms with E-state index in [2.05, 4.69) is 18.3 Å². The second-order valence-electron chi connectivity index (χ2n) is 4.05. The van der Waals surface area contributed by atoms with Crippen LogP contribution in [0.15, 0.2) is 24.3 Å². The molecule has 0 saturated heterocycles. The summed E-state index contributed by atoms with van der Waals surface area (Å²) in [6.07, 6.45) is 2.67. The minimum Gasteiger partial charge on any atom is -0.496 e. The molecule has 0 fully saturated rings. The van der Waals surface area contributed by atoms with Gasteiger partial charge in [-0.2, -0.15) is 0 Å². The average Bonchev–Trinajstić information content (AvgIpc) is 2.34. The maximum atomic E-state index is 10.9. The zero-order valence-electron chi connectivity index (χ0n) is 10.7.